The van der Waals surface area contributed by atoms with Gasteiger partial charge < -0.3 is 29.5 Å². The Morgan fingerprint density at radius 3 is 2.00 bits per heavy atom. The number of ether oxygens (including phenoxy) is 3. The van der Waals surface area contributed by atoms with Crippen LogP contribution in [0.15, 0.2) is 0 Å². The molecule has 15 heavy (non-hydrogen) atoms. The summed E-state index contributed by atoms with van der Waals surface area (Å²) in [7, 11) is 1.49. The van der Waals surface area contributed by atoms with Crippen molar-refractivity contribution in [3.63, 3.8) is 0 Å². The van der Waals surface area contributed by atoms with Gasteiger partial charge in [-0.25, -0.2) is 0 Å². The molecule has 0 aromatic rings. The number of rotatable bonds is 10. The summed E-state index contributed by atoms with van der Waals surface area (Å²) in [5.74, 6) is 0. The fraction of sp³-hybridized carbons (Fsp3) is 1.00. The highest BCUT2D eigenvalue weighted by Gasteiger charge is 2.07. The predicted molar refractivity (Wildman–Crippen MR) is 52.6 cm³/mol. The zero-order valence-electron chi connectivity index (χ0n) is 8.96. The maximum atomic E-state index is 9.27. The zero-order chi connectivity index (χ0) is 11.5. The van der Waals surface area contributed by atoms with E-state index in [0.717, 1.165) is 0 Å². The van der Waals surface area contributed by atoms with Crippen LogP contribution < -0.4 is 0 Å². The molecule has 6 nitrogen and oxygen atoms in total. The number of methoxy groups -OCH3 is 1. The number of aliphatic hydroxyl groups excluding tert-OH is 3. The second kappa shape index (κ2) is 10.3. The minimum Gasteiger partial charge on any atom is -0.394 e. The summed E-state index contributed by atoms with van der Waals surface area (Å²) in [4.78, 5) is 0. The molecule has 0 aliphatic carbocycles. The fourth-order valence-electron chi connectivity index (χ4n) is 0.913. The first-order valence-corrected chi connectivity index (χ1v) is 4.82. The van der Waals surface area contributed by atoms with Gasteiger partial charge in [-0.1, -0.05) is 0 Å². The molecule has 2 unspecified atom stereocenters. The smallest absolute Gasteiger partial charge is 0.101 e. The minimum atomic E-state index is -0.744. The molecule has 0 aromatic heterocycles. The topological polar surface area (TPSA) is 88.4 Å². The SMILES string of the molecule is COCC(O)COCC(O)COCCO. The molecule has 2 atom stereocenters. The zero-order valence-corrected chi connectivity index (χ0v) is 8.96. The van der Waals surface area contributed by atoms with E-state index in [9.17, 15) is 10.2 Å². The molecule has 6 heteroatoms. The third-order valence-electron chi connectivity index (χ3n) is 1.53. The van der Waals surface area contributed by atoms with Crippen LogP contribution in [0, 0.1) is 0 Å². The summed E-state index contributed by atoms with van der Waals surface area (Å²) in [5, 5.41) is 26.9. The van der Waals surface area contributed by atoms with Gasteiger partial charge in [0.25, 0.3) is 0 Å². The molecule has 0 amide bonds. The van der Waals surface area contributed by atoms with Crippen molar-refractivity contribution in [2.45, 2.75) is 12.2 Å². The van der Waals surface area contributed by atoms with Crippen molar-refractivity contribution in [3.8, 4) is 0 Å². The van der Waals surface area contributed by atoms with E-state index in [0.29, 0.717) is 0 Å². The number of aliphatic hydroxyl groups is 3. The highest BCUT2D eigenvalue weighted by atomic mass is 16.5. The van der Waals surface area contributed by atoms with E-state index in [4.69, 9.17) is 19.3 Å². The highest BCUT2D eigenvalue weighted by Crippen LogP contribution is 1.91. The van der Waals surface area contributed by atoms with E-state index >= 15 is 0 Å². The first kappa shape index (κ1) is 14.8. The third-order valence-corrected chi connectivity index (χ3v) is 1.53. The van der Waals surface area contributed by atoms with E-state index in [-0.39, 0.29) is 39.6 Å². The van der Waals surface area contributed by atoms with Gasteiger partial charge in [-0.2, -0.15) is 0 Å². The normalized spacial score (nSPS) is 15.2. The first-order valence-electron chi connectivity index (χ1n) is 4.82. The number of hydrogen-bond donors (Lipinski definition) is 3. The van der Waals surface area contributed by atoms with Crippen LogP contribution in [0.5, 0.6) is 0 Å². The van der Waals surface area contributed by atoms with E-state index in [1.807, 2.05) is 0 Å². The molecular formula is C9H20O6. The van der Waals surface area contributed by atoms with Gasteiger partial charge in [-0.3, -0.25) is 0 Å². The molecule has 0 bridgehead atoms. The molecular weight excluding hydrogens is 204 g/mol. The lowest BCUT2D eigenvalue weighted by Gasteiger charge is -2.13. The molecule has 0 heterocycles. The molecule has 0 saturated carbocycles. The maximum absolute atomic E-state index is 9.27. The summed E-state index contributed by atoms with van der Waals surface area (Å²) >= 11 is 0. The number of hydrogen-bond acceptors (Lipinski definition) is 6. The Morgan fingerprint density at radius 1 is 0.933 bits per heavy atom. The first-order chi connectivity index (χ1) is 7.20. The van der Waals surface area contributed by atoms with Crippen molar-refractivity contribution in [1.29, 1.82) is 0 Å². The van der Waals surface area contributed by atoms with Crippen molar-refractivity contribution >= 4 is 0 Å². The lowest BCUT2D eigenvalue weighted by Crippen LogP contribution is -2.27. The van der Waals surface area contributed by atoms with E-state index in [2.05, 4.69) is 0 Å². The van der Waals surface area contributed by atoms with Gasteiger partial charge >= 0.3 is 0 Å². The quantitative estimate of drug-likeness (QED) is 0.387. The van der Waals surface area contributed by atoms with Crippen LogP contribution in [0.4, 0.5) is 0 Å². The van der Waals surface area contributed by atoms with Crippen molar-refractivity contribution in [1.82, 2.24) is 0 Å². The molecule has 0 fully saturated rings. The maximum Gasteiger partial charge on any atom is 0.101 e. The Morgan fingerprint density at radius 2 is 1.47 bits per heavy atom. The van der Waals surface area contributed by atoms with Gasteiger partial charge in [-0.05, 0) is 0 Å². The van der Waals surface area contributed by atoms with Gasteiger partial charge in [0.05, 0.1) is 39.6 Å². The van der Waals surface area contributed by atoms with Crippen LogP contribution in [0.2, 0.25) is 0 Å². The van der Waals surface area contributed by atoms with Crippen LogP contribution >= 0.6 is 0 Å². The molecule has 0 aliphatic rings. The highest BCUT2D eigenvalue weighted by molar-refractivity contribution is 4.54. The van der Waals surface area contributed by atoms with E-state index in [1.165, 1.54) is 7.11 Å². The monoisotopic (exact) mass is 224 g/mol. The molecule has 3 N–H and O–H groups in total. The summed E-state index contributed by atoms with van der Waals surface area (Å²) in [6.07, 6.45) is -1.42. The Labute approximate surface area is 89.4 Å². The van der Waals surface area contributed by atoms with Crippen molar-refractivity contribution in [2.24, 2.45) is 0 Å². The molecule has 0 saturated heterocycles. The van der Waals surface area contributed by atoms with Crippen molar-refractivity contribution in [2.75, 3.05) is 46.8 Å². The van der Waals surface area contributed by atoms with Crippen molar-refractivity contribution in [3.05, 3.63) is 0 Å². The van der Waals surface area contributed by atoms with Crippen LogP contribution in [-0.2, 0) is 14.2 Å². The van der Waals surface area contributed by atoms with Gasteiger partial charge in [-0.15, -0.1) is 0 Å². The standard InChI is InChI=1S/C9H20O6/c1-13-4-8(11)6-15-7-9(12)5-14-3-2-10/h8-12H,2-7H2,1H3. The molecule has 0 radical (unpaired) electrons. The summed E-state index contributed by atoms with van der Waals surface area (Å²) in [5.41, 5.74) is 0. The Balaban J connectivity index is 3.26. The molecule has 0 aromatic carbocycles. The second-order valence-electron chi connectivity index (χ2n) is 3.10. The minimum absolute atomic E-state index is 0.0693. The van der Waals surface area contributed by atoms with Crippen LogP contribution in [0.25, 0.3) is 0 Å². The fourth-order valence-corrected chi connectivity index (χ4v) is 0.913. The second-order valence-corrected chi connectivity index (χ2v) is 3.10. The van der Waals surface area contributed by atoms with Crippen LogP contribution in [0.1, 0.15) is 0 Å². The van der Waals surface area contributed by atoms with Gasteiger partial charge in [0.15, 0.2) is 0 Å². The van der Waals surface area contributed by atoms with Gasteiger partial charge in [0, 0.05) is 7.11 Å². The average Bonchev–Trinajstić information content (AvgIpc) is 2.18. The van der Waals surface area contributed by atoms with Crippen LogP contribution in [0.3, 0.4) is 0 Å². The largest absolute Gasteiger partial charge is 0.394 e. The van der Waals surface area contributed by atoms with Crippen molar-refractivity contribution < 1.29 is 29.5 Å². The molecule has 0 spiro atoms. The average molecular weight is 224 g/mol. The Kier molecular flexibility index (Phi) is 10.1. The molecule has 0 rings (SSSR count). The summed E-state index contributed by atoms with van der Waals surface area (Å²) in [6.45, 7) is 0.651. The lowest BCUT2D eigenvalue weighted by atomic mass is 10.4. The van der Waals surface area contributed by atoms with E-state index < -0.39 is 12.2 Å². The van der Waals surface area contributed by atoms with Gasteiger partial charge in [0.2, 0.25) is 0 Å². The van der Waals surface area contributed by atoms with E-state index in [1.54, 1.807) is 0 Å². The molecule has 0 aliphatic heterocycles. The lowest BCUT2D eigenvalue weighted by molar-refractivity contribution is -0.0542. The predicted octanol–water partition coefficient (Wildman–Crippen LogP) is -1.62. The Bertz CT molecular complexity index is 132. The molecule has 92 valence electrons. The van der Waals surface area contributed by atoms with Crippen LogP contribution in [-0.4, -0.2) is 74.3 Å². The summed E-state index contributed by atoms with van der Waals surface area (Å²) in [6, 6.07) is 0. The third kappa shape index (κ3) is 10.1. The summed E-state index contributed by atoms with van der Waals surface area (Å²) < 4.78 is 14.6. The Hall–Kier alpha value is -0.240. The van der Waals surface area contributed by atoms with Gasteiger partial charge in [0.1, 0.15) is 12.2 Å².